The minimum Gasteiger partial charge on any atom is -0.491 e. The molecule has 1 fully saturated rings. The fourth-order valence-electron chi connectivity index (χ4n) is 4.26. The summed E-state index contributed by atoms with van der Waals surface area (Å²) in [6, 6.07) is 13.3. The van der Waals surface area contributed by atoms with Crippen molar-refractivity contribution in [3.05, 3.63) is 89.3 Å². The molecule has 2 aromatic carbocycles. The topological polar surface area (TPSA) is 63.3 Å². The Balaban J connectivity index is 1.24. The minimum atomic E-state index is -1.07. The summed E-state index contributed by atoms with van der Waals surface area (Å²) >= 11 is 12.7. The fraction of sp³-hybridized carbons (Fsp3) is 0.333. The van der Waals surface area contributed by atoms with Gasteiger partial charge in [0.05, 0.1) is 36.5 Å². The number of hydrogen-bond acceptors (Lipinski definition) is 5. The van der Waals surface area contributed by atoms with Gasteiger partial charge >= 0.3 is 0 Å². The van der Waals surface area contributed by atoms with Crippen LogP contribution in [0.15, 0.2) is 73.7 Å². The van der Waals surface area contributed by atoms with Crippen LogP contribution < -0.4 is 4.74 Å². The average Bonchev–Trinajstić information content (AvgIpc) is 3.64. The second-order valence-corrected chi connectivity index (χ2v) is 9.69. The van der Waals surface area contributed by atoms with Gasteiger partial charge in [-0.25, -0.2) is 9.97 Å². The number of nitrogens with zero attached hydrogens (tertiary/aromatic N) is 4. The van der Waals surface area contributed by atoms with Crippen molar-refractivity contribution in [3.63, 3.8) is 0 Å². The van der Waals surface area contributed by atoms with Gasteiger partial charge in [-0.1, -0.05) is 42.6 Å². The van der Waals surface area contributed by atoms with E-state index in [1.54, 1.807) is 24.7 Å². The molecule has 5 rings (SSSR count). The van der Waals surface area contributed by atoms with Crippen LogP contribution in [0.1, 0.15) is 25.3 Å². The highest BCUT2D eigenvalue weighted by Crippen LogP contribution is 2.40. The molecule has 0 aliphatic carbocycles. The molecule has 0 saturated carbocycles. The van der Waals surface area contributed by atoms with Crippen molar-refractivity contribution >= 4 is 23.2 Å². The zero-order valence-corrected chi connectivity index (χ0v) is 21.5. The standard InChI is InChI=1S/C27H28Cl2N4O3/c1-2-3-11-32-14-26(31-19-32)20-4-7-22(8-5-20)34-15-23-16-35-27(36-23,17-33-12-10-30-18-33)24-9-6-21(28)13-25(24)29/h4-10,12-14,18-19,23H,2-3,11,15-17H2,1H3. The third kappa shape index (κ3) is 5.60. The maximum absolute atomic E-state index is 6.54. The molecule has 0 N–H and O–H groups in total. The minimum absolute atomic E-state index is 0.283. The second kappa shape index (κ2) is 11.0. The maximum atomic E-state index is 6.54. The lowest BCUT2D eigenvalue weighted by molar-refractivity contribution is -0.189. The predicted octanol–water partition coefficient (Wildman–Crippen LogP) is 6.20. The molecule has 1 saturated heterocycles. The van der Waals surface area contributed by atoms with Crippen LogP contribution in [0, 0.1) is 0 Å². The molecule has 2 unspecified atom stereocenters. The lowest BCUT2D eigenvalue weighted by atomic mass is 10.1. The summed E-state index contributed by atoms with van der Waals surface area (Å²) in [6.45, 7) is 4.26. The summed E-state index contributed by atoms with van der Waals surface area (Å²) in [4.78, 5) is 8.66. The molecule has 9 heteroatoms. The van der Waals surface area contributed by atoms with Gasteiger partial charge in [-0.05, 0) is 42.8 Å². The Morgan fingerprint density at radius 2 is 1.97 bits per heavy atom. The molecule has 4 aromatic rings. The van der Waals surface area contributed by atoms with Gasteiger partial charge in [-0.3, -0.25) is 0 Å². The summed E-state index contributed by atoms with van der Waals surface area (Å²) in [5.41, 5.74) is 2.72. The Morgan fingerprint density at radius 1 is 1.11 bits per heavy atom. The average molecular weight is 527 g/mol. The van der Waals surface area contributed by atoms with E-state index in [0.717, 1.165) is 36.4 Å². The highest BCUT2D eigenvalue weighted by molar-refractivity contribution is 6.35. The Labute approximate surface area is 220 Å². The van der Waals surface area contributed by atoms with Gasteiger partial charge < -0.3 is 23.3 Å². The molecular weight excluding hydrogens is 499 g/mol. The Bertz CT molecular complexity index is 1280. The van der Waals surface area contributed by atoms with Crippen LogP contribution in [-0.2, 0) is 28.4 Å². The Kier molecular flexibility index (Phi) is 7.62. The van der Waals surface area contributed by atoms with Crippen LogP contribution >= 0.6 is 23.2 Å². The van der Waals surface area contributed by atoms with Gasteiger partial charge in [0.15, 0.2) is 0 Å². The lowest BCUT2D eigenvalue weighted by Gasteiger charge is -2.30. The van der Waals surface area contributed by atoms with Gasteiger partial charge in [0.2, 0.25) is 5.79 Å². The van der Waals surface area contributed by atoms with E-state index in [9.17, 15) is 0 Å². The van der Waals surface area contributed by atoms with E-state index >= 15 is 0 Å². The Hall–Kier alpha value is -2.84. The van der Waals surface area contributed by atoms with Crippen molar-refractivity contribution in [2.45, 2.75) is 44.7 Å². The number of hydrogen-bond donors (Lipinski definition) is 0. The van der Waals surface area contributed by atoms with Crippen molar-refractivity contribution in [1.82, 2.24) is 19.1 Å². The molecule has 188 valence electrons. The van der Waals surface area contributed by atoms with E-state index in [1.807, 2.05) is 47.4 Å². The number of halogens is 2. The van der Waals surface area contributed by atoms with Gasteiger partial charge in [0.25, 0.3) is 0 Å². The number of benzene rings is 2. The van der Waals surface area contributed by atoms with Crippen molar-refractivity contribution in [3.8, 4) is 17.0 Å². The quantitative estimate of drug-likeness (QED) is 0.246. The van der Waals surface area contributed by atoms with E-state index < -0.39 is 5.79 Å². The summed E-state index contributed by atoms with van der Waals surface area (Å²) in [5, 5.41) is 1.03. The first kappa shape index (κ1) is 24.8. The SMILES string of the molecule is CCCCn1cnc(-c2ccc(OCC3COC(Cn4ccnc4)(c4ccc(Cl)cc4Cl)O3)cc2)c1. The third-order valence-electron chi connectivity index (χ3n) is 6.14. The van der Waals surface area contributed by atoms with Crippen LogP contribution in [0.4, 0.5) is 0 Å². The third-order valence-corrected chi connectivity index (χ3v) is 6.69. The second-order valence-electron chi connectivity index (χ2n) is 8.85. The van der Waals surface area contributed by atoms with Crippen molar-refractivity contribution in [1.29, 1.82) is 0 Å². The largest absolute Gasteiger partial charge is 0.491 e. The van der Waals surface area contributed by atoms with E-state index in [2.05, 4.69) is 27.7 Å². The van der Waals surface area contributed by atoms with Crippen LogP contribution in [0.5, 0.6) is 5.75 Å². The highest BCUT2D eigenvalue weighted by atomic mass is 35.5. The zero-order chi connectivity index (χ0) is 25.0. The molecule has 3 heterocycles. The molecule has 0 spiro atoms. The first-order valence-electron chi connectivity index (χ1n) is 12.0. The normalized spacial score (nSPS) is 19.6. The van der Waals surface area contributed by atoms with Gasteiger partial charge in [-0.2, -0.15) is 0 Å². The predicted molar refractivity (Wildman–Crippen MR) is 139 cm³/mol. The van der Waals surface area contributed by atoms with Crippen LogP contribution in [-0.4, -0.2) is 38.4 Å². The van der Waals surface area contributed by atoms with E-state index in [1.165, 1.54) is 0 Å². The monoisotopic (exact) mass is 526 g/mol. The summed E-state index contributed by atoms with van der Waals surface area (Å²) in [7, 11) is 0. The molecular formula is C27H28Cl2N4O3. The fourth-order valence-corrected chi connectivity index (χ4v) is 4.81. The molecule has 2 aromatic heterocycles. The molecule has 0 bridgehead atoms. The highest BCUT2D eigenvalue weighted by Gasteiger charge is 2.45. The van der Waals surface area contributed by atoms with Crippen molar-refractivity contribution in [2.24, 2.45) is 0 Å². The Morgan fingerprint density at radius 3 is 2.72 bits per heavy atom. The van der Waals surface area contributed by atoms with Crippen LogP contribution in [0.25, 0.3) is 11.3 Å². The number of aromatic nitrogens is 4. The zero-order valence-electron chi connectivity index (χ0n) is 20.0. The molecule has 1 aliphatic rings. The molecule has 7 nitrogen and oxygen atoms in total. The first-order chi connectivity index (χ1) is 17.5. The number of imidazole rings is 2. The van der Waals surface area contributed by atoms with Crippen LogP contribution in [0.3, 0.4) is 0 Å². The number of aryl methyl sites for hydroxylation is 1. The first-order valence-corrected chi connectivity index (χ1v) is 12.8. The molecule has 0 amide bonds. The van der Waals surface area contributed by atoms with E-state index in [4.69, 9.17) is 37.4 Å². The molecule has 0 radical (unpaired) electrons. The molecule has 2 atom stereocenters. The van der Waals surface area contributed by atoms with Crippen LogP contribution in [0.2, 0.25) is 10.0 Å². The lowest BCUT2D eigenvalue weighted by Crippen LogP contribution is -2.34. The van der Waals surface area contributed by atoms with Crippen molar-refractivity contribution in [2.75, 3.05) is 13.2 Å². The maximum Gasteiger partial charge on any atom is 0.215 e. The number of unbranched alkanes of at least 4 members (excludes halogenated alkanes) is 1. The van der Waals surface area contributed by atoms with Gasteiger partial charge in [0.1, 0.15) is 18.5 Å². The number of rotatable bonds is 10. The van der Waals surface area contributed by atoms with Crippen molar-refractivity contribution < 1.29 is 14.2 Å². The smallest absolute Gasteiger partial charge is 0.215 e. The summed E-state index contributed by atoms with van der Waals surface area (Å²) in [6.07, 6.45) is 11.3. The number of ether oxygens (including phenoxy) is 3. The van der Waals surface area contributed by atoms with E-state index in [0.29, 0.717) is 35.4 Å². The van der Waals surface area contributed by atoms with E-state index in [-0.39, 0.29) is 6.10 Å². The van der Waals surface area contributed by atoms with Gasteiger partial charge in [-0.15, -0.1) is 0 Å². The molecule has 1 aliphatic heterocycles. The summed E-state index contributed by atoms with van der Waals surface area (Å²) < 4.78 is 22.8. The summed E-state index contributed by atoms with van der Waals surface area (Å²) in [5.74, 6) is -0.318. The van der Waals surface area contributed by atoms with Gasteiger partial charge in [0, 0.05) is 41.3 Å². The molecule has 36 heavy (non-hydrogen) atoms.